The molecule has 0 bridgehead atoms. The molecule has 0 aromatic carbocycles. The largest absolute Gasteiger partial charge is 0.343 e. The van der Waals surface area contributed by atoms with Crippen molar-refractivity contribution in [3.8, 4) is 0 Å². The van der Waals surface area contributed by atoms with Gasteiger partial charge in [0.15, 0.2) is 0 Å². The van der Waals surface area contributed by atoms with Gasteiger partial charge in [0.1, 0.15) is 0 Å². The van der Waals surface area contributed by atoms with Gasteiger partial charge in [-0.05, 0) is 50.9 Å². The topological polar surface area (TPSA) is 20.3 Å². The first-order valence-corrected chi connectivity index (χ1v) is 11.7. The average molecular weight is 364 g/mol. The van der Waals surface area contributed by atoms with E-state index in [1.54, 1.807) is 0 Å². The van der Waals surface area contributed by atoms with E-state index >= 15 is 0 Å². The van der Waals surface area contributed by atoms with Gasteiger partial charge < -0.3 is 4.90 Å². The molecule has 2 nitrogen and oxygen atoms in total. The van der Waals surface area contributed by atoms with E-state index in [0.29, 0.717) is 5.91 Å². The lowest BCUT2D eigenvalue weighted by atomic mass is 9.99. The van der Waals surface area contributed by atoms with Crippen LogP contribution in [0, 0.1) is 5.92 Å². The number of amides is 1. The Morgan fingerprint density at radius 3 is 1.88 bits per heavy atom. The third-order valence-corrected chi connectivity index (χ3v) is 5.79. The van der Waals surface area contributed by atoms with E-state index in [2.05, 4.69) is 30.9 Å². The number of hydrogen-bond acceptors (Lipinski definition) is 1. The van der Waals surface area contributed by atoms with Crippen molar-refractivity contribution in [2.24, 2.45) is 5.92 Å². The lowest BCUT2D eigenvalue weighted by Gasteiger charge is -2.30. The zero-order chi connectivity index (χ0) is 18.9. The molecule has 152 valence electrons. The van der Waals surface area contributed by atoms with Gasteiger partial charge in [-0.15, -0.1) is 0 Å². The molecule has 26 heavy (non-hydrogen) atoms. The number of carbonyl (C=O) groups excluding carboxylic acids is 1. The molecule has 1 fully saturated rings. The number of carbonyl (C=O) groups is 1. The van der Waals surface area contributed by atoms with Crippen LogP contribution in [0.5, 0.6) is 0 Å². The fourth-order valence-electron chi connectivity index (χ4n) is 3.76. The summed E-state index contributed by atoms with van der Waals surface area (Å²) in [5.74, 6) is 1.20. The quantitative estimate of drug-likeness (QED) is 0.221. The van der Waals surface area contributed by atoms with Gasteiger partial charge in [0, 0.05) is 19.5 Å². The number of allylic oxidation sites excluding steroid dienone is 2. The summed E-state index contributed by atoms with van der Waals surface area (Å²) < 4.78 is 0. The Kier molecular flexibility index (Phi) is 14.7. The number of unbranched alkanes of at least 4 members (excludes halogenated alkanes) is 11. The molecule has 1 rings (SSSR count). The Labute approximate surface area is 163 Å². The van der Waals surface area contributed by atoms with Crippen molar-refractivity contribution in [3.05, 3.63) is 12.2 Å². The minimum Gasteiger partial charge on any atom is -0.343 e. The SMILES string of the molecule is CCCCCCCC/C=C\CCCCCCCC(=O)N1CCC(C)CC1. The molecule has 1 heterocycles. The third-order valence-electron chi connectivity index (χ3n) is 5.79. The second kappa shape index (κ2) is 16.4. The predicted octanol–water partition coefficient (Wildman–Crippen LogP) is 7.28. The lowest BCUT2D eigenvalue weighted by Crippen LogP contribution is -2.37. The van der Waals surface area contributed by atoms with Crippen molar-refractivity contribution in [3.63, 3.8) is 0 Å². The van der Waals surface area contributed by atoms with Gasteiger partial charge in [-0.25, -0.2) is 0 Å². The summed E-state index contributed by atoms with van der Waals surface area (Å²) in [6.45, 7) is 6.56. The maximum absolute atomic E-state index is 12.2. The van der Waals surface area contributed by atoms with Crippen molar-refractivity contribution in [1.82, 2.24) is 4.90 Å². The molecular formula is C24H45NO. The first-order valence-electron chi connectivity index (χ1n) is 11.7. The fourth-order valence-corrected chi connectivity index (χ4v) is 3.76. The minimum atomic E-state index is 0.398. The molecule has 0 aliphatic carbocycles. The van der Waals surface area contributed by atoms with Crippen molar-refractivity contribution in [2.75, 3.05) is 13.1 Å². The normalized spacial score (nSPS) is 15.8. The first kappa shape index (κ1) is 23.2. The number of piperidine rings is 1. The van der Waals surface area contributed by atoms with Crippen molar-refractivity contribution in [1.29, 1.82) is 0 Å². The Morgan fingerprint density at radius 2 is 1.31 bits per heavy atom. The highest BCUT2D eigenvalue weighted by molar-refractivity contribution is 5.76. The molecule has 0 atom stereocenters. The van der Waals surface area contributed by atoms with E-state index in [9.17, 15) is 4.79 Å². The van der Waals surface area contributed by atoms with Gasteiger partial charge in [0.2, 0.25) is 5.91 Å². The van der Waals surface area contributed by atoms with Gasteiger partial charge in [0.25, 0.3) is 0 Å². The van der Waals surface area contributed by atoms with Crippen LogP contribution in [0.4, 0.5) is 0 Å². The smallest absolute Gasteiger partial charge is 0.222 e. The van der Waals surface area contributed by atoms with Crippen LogP contribution in [-0.4, -0.2) is 23.9 Å². The highest BCUT2D eigenvalue weighted by atomic mass is 16.2. The van der Waals surface area contributed by atoms with Crippen molar-refractivity contribution in [2.45, 2.75) is 117 Å². The van der Waals surface area contributed by atoms with Gasteiger partial charge in [-0.2, -0.15) is 0 Å². The molecule has 0 aromatic heterocycles. The standard InChI is InChI=1S/C24H45NO/c1-3-4-5-6-7-8-9-10-11-12-13-14-15-16-17-18-24(26)25-21-19-23(2)20-22-25/h10-11,23H,3-9,12-22H2,1-2H3/b11-10-. The highest BCUT2D eigenvalue weighted by Crippen LogP contribution is 2.17. The summed E-state index contributed by atoms with van der Waals surface area (Å²) in [7, 11) is 0. The van der Waals surface area contributed by atoms with Crippen LogP contribution in [0.25, 0.3) is 0 Å². The van der Waals surface area contributed by atoms with Gasteiger partial charge in [-0.1, -0.05) is 77.4 Å². The van der Waals surface area contributed by atoms with E-state index in [-0.39, 0.29) is 0 Å². The van der Waals surface area contributed by atoms with Crippen LogP contribution in [0.15, 0.2) is 12.2 Å². The van der Waals surface area contributed by atoms with Crippen LogP contribution >= 0.6 is 0 Å². The summed E-state index contributed by atoms with van der Waals surface area (Å²) in [5.41, 5.74) is 0. The molecule has 0 saturated carbocycles. The number of nitrogens with zero attached hydrogens (tertiary/aromatic N) is 1. The summed E-state index contributed by atoms with van der Waals surface area (Å²) in [4.78, 5) is 14.2. The maximum atomic E-state index is 12.2. The van der Waals surface area contributed by atoms with Crippen LogP contribution in [0.2, 0.25) is 0 Å². The van der Waals surface area contributed by atoms with Crippen LogP contribution in [-0.2, 0) is 4.79 Å². The molecule has 0 N–H and O–H groups in total. The lowest BCUT2D eigenvalue weighted by molar-refractivity contribution is -0.132. The van der Waals surface area contributed by atoms with Gasteiger partial charge in [-0.3, -0.25) is 4.79 Å². The monoisotopic (exact) mass is 363 g/mol. The summed E-state index contributed by atoms with van der Waals surface area (Å²) in [5, 5.41) is 0. The molecular weight excluding hydrogens is 318 g/mol. The number of rotatable bonds is 15. The third kappa shape index (κ3) is 12.5. The number of likely N-dealkylation sites (tertiary alicyclic amines) is 1. The van der Waals surface area contributed by atoms with E-state index in [1.807, 2.05) is 0 Å². The van der Waals surface area contributed by atoms with Gasteiger partial charge >= 0.3 is 0 Å². The fraction of sp³-hybridized carbons (Fsp3) is 0.875. The molecule has 2 heteroatoms. The maximum Gasteiger partial charge on any atom is 0.222 e. The van der Waals surface area contributed by atoms with E-state index in [1.165, 1.54) is 89.9 Å². The van der Waals surface area contributed by atoms with E-state index in [0.717, 1.165) is 31.8 Å². The Balaban J connectivity index is 1.81. The molecule has 1 aliphatic heterocycles. The van der Waals surface area contributed by atoms with E-state index in [4.69, 9.17) is 0 Å². The molecule has 0 radical (unpaired) electrons. The van der Waals surface area contributed by atoms with Crippen LogP contribution < -0.4 is 0 Å². The van der Waals surface area contributed by atoms with Crippen molar-refractivity contribution < 1.29 is 4.79 Å². The number of hydrogen-bond donors (Lipinski definition) is 0. The molecule has 1 amide bonds. The molecule has 0 aromatic rings. The zero-order valence-electron chi connectivity index (χ0n) is 17.8. The predicted molar refractivity (Wildman–Crippen MR) is 114 cm³/mol. The Bertz CT molecular complexity index is 355. The van der Waals surface area contributed by atoms with Crippen LogP contribution in [0.3, 0.4) is 0 Å². The Hall–Kier alpha value is -0.790. The molecule has 1 aliphatic rings. The molecule has 1 saturated heterocycles. The second-order valence-corrected chi connectivity index (χ2v) is 8.40. The highest BCUT2D eigenvalue weighted by Gasteiger charge is 2.19. The van der Waals surface area contributed by atoms with Crippen molar-refractivity contribution >= 4 is 5.91 Å². The van der Waals surface area contributed by atoms with Gasteiger partial charge in [0.05, 0.1) is 0 Å². The zero-order valence-corrected chi connectivity index (χ0v) is 17.8. The van der Waals surface area contributed by atoms with E-state index < -0.39 is 0 Å². The minimum absolute atomic E-state index is 0.398. The molecule has 0 unspecified atom stereocenters. The first-order chi connectivity index (χ1) is 12.7. The van der Waals surface area contributed by atoms with Crippen LogP contribution in [0.1, 0.15) is 117 Å². The average Bonchev–Trinajstić information content (AvgIpc) is 2.65. The Morgan fingerprint density at radius 1 is 0.808 bits per heavy atom. The molecule has 0 spiro atoms. The summed E-state index contributed by atoms with van der Waals surface area (Å²) in [6, 6.07) is 0. The summed E-state index contributed by atoms with van der Waals surface area (Å²) >= 11 is 0. The second-order valence-electron chi connectivity index (χ2n) is 8.40. The summed E-state index contributed by atoms with van der Waals surface area (Å²) in [6.07, 6.45) is 25.0.